The van der Waals surface area contributed by atoms with E-state index in [1.54, 1.807) is 6.07 Å². The Balaban J connectivity index is 2.19. The Morgan fingerprint density at radius 1 is 1.39 bits per heavy atom. The highest BCUT2D eigenvalue weighted by molar-refractivity contribution is 7.90. The van der Waals surface area contributed by atoms with Gasteiger partial charge in [0, 0.05) is 18.9 Å². The van der Waals surface area contributed by atoms with E-state index in [-0.39, 0.29) is 11.0 Å². The summed E-state index contributed by atoms with van der Waals surface area (Å²) in [6.07, 6.45) is 1.08. The highest BCUT2D eigenvalue weighted by Gasteiger charge is 2.22. The van der Waals surface area contributed by atoms with E-state index in [0.717, 1.165) is 6.54 Å². The van der Waals surface area contributed by atoms with Gasteiger partial charge in [-0.05, 0) is 18.7 Å². The number of fused-ring (bicyclic) bond motifs is 1. The molecule has 1 aromatic rings. The molecule has 0 aliphatic carbocycles. The molecular formula is C12H17NO4S. The van der Waals surface area contributed by atoms with Crippen molar-refractivity contribution in [3.8, 4) is 11.5 Å². The zero-order valence-electron chi connectivity index (χ0n) is 10.5. The molecule has 0 spiro atoms. The highest BCUT2D eigenvalue weighted by atomic mass is 32.2. The van der Waals surface area contributed by atoms with Gasteiger partial charge in [0.15, 0.2) is 21.3 Å². The van der Waals surface area contributed by atoms with Crippen LogP contribution in [0.1, 0.15) is 6.92 Å². The smallest absolute Gasteiger partial charge is 0.175 e. The first-order valence-corrected chi connectivity index (χ1v) is 7.74. The number of hydrogen-bond donors (Lipinski definition) is 1. The van der Waals surface area contributed by atoms with Crippen LogP contribution in [0, 0.1) is 0 Å². The lowest BCUT2D eigenvalue weighted by Gasteiger charge is -2.26. The minimum absolute atomic E-state index is 0.0905. The van der Waals surface area contributed by atoms with Gasteiger partial charge in [0.2, 0.25) is 0 Å². The van der Waals surface area contributed by atoms with Crippen LogP contribution < -0.4 is 14.8 Å². The zero-order chi connectivity index (χ0) is 13.2. The average molecular weight is 271 g/mol. The molecule has 0 amide bonds. The molecule has 2 rings (SSSR count). The van der Waals surface area contributed by atoms with Crippen molar-refractivity contribution in [2.24, 2.45) is 0 Å². The van der Waals surface area contributed by atoms with Crippen molar-refractivity contribution in [1.82, 2.24) is 5.32 Å². The average Bonchev–Trinajstić information content (AvgIpc) is 2.34. The van der Waals surface area contributed by atoms with Crippen molar-refractivity contribution in [3.63, 3.8) is 0 Å². The number of hydrogen-bond acceptors (Lipinski definition) is 5. The van der Waals surface area contributed by atoms with Gasteiger partial charge in [-0.15, -0.1) is 0 Å². The molecule has 1 heterocycles. The van der Waals surface area contributed by atoms with E-state index in [2.05, 4.69) is 5.32 Å². The van der Waals surface area contributed by atoms with Gasteiger partial charge in [-0.1, -0.05) is 6.92 Å². The Bertz CT molecular complexity index is 527. The van der Waals surface area contributed by atoms with Gasteiger partial charge in [0.25, 0.3) is 0 Å². The molecule has 5 nitrogen and oxygen atoms in total. The summed E-state index contributed by atoms with van der Waals surface area (Å²) in [7, 11) is -3.22. The first-order chi connectivity index (χ1) is 8.50. The maximum Gasteiger partial charge on any atom is 0.175 e. The second-order valence-corrected chi connectivity index (χ2v) is 6.25. The third-order valence-electron chi connectivity index (χ3n) is 2.68. The van der Waals surface area contributed by atoms with Gasteiger partial charge in [-0.3, -0.25) is 0 Å². The van der Waals surface area contributed by atoms with Crippen LogP contribution in [0.3, 0.4) is 0 Å². The van der Waals surface area contributed by atoms with Gasteiger partial charge in [-0.25, -0.2) is 8.42 Å². The maximum atomic E-state index is 11.5. The van der Waals surface area contributed by atoms with Crippen LogP contribution in [0.5, 0.6) is 11.5 Å². The molecule has 0 radical (unpaired) electrons. The van der Waals surface area contributed by atoms with Crippen molar-refractivity contribution in [1.29, 1.82) is 0 Å². The largest absolute Gasteiger partial charge is 0.486 e. The van der Waals surface area contributed by atoms with Crippen molar-refractivity contribution >= 4 is 9.84 Å². The highest BCUT2D eigenvalue weighted by Crippen LogP contribution is 2.33. The lowest BCUT2D eigenvalue weighted by molar-refractivity contribution is 0.0904. The number of benzene rings is 1. The third-order valence-corrected chi connectivity index (χ3v) is 3.79. The second kappa shape index (κ2) is 5.16. The van der Waals surface area contributed by atoms with E-state index in [1.807, 2.05) is 6.92 Å². The van der Waals surface area contributed by atoms with Gasteiger partial charge in [0.05, 0.1) is 4.90 Å². The van der Waals surface area contributed by atoms with E-state index in [9.17, 15) is 8.42 Å². The minimum Gasteiger partial charge on any atom is -0.486 e. The Labute approximate surface area is 107 Å². The first kappa shape index (κ1) is 13.2. The molecular weight excluding hydrogens is 254 g/mol. The Morgan fingerprint density at radius 2 is 2.17 bits per heavy atom. The van der Waals surface area contributed by atoms with E-state index in [4.69, 9.17) is 9.47 Å². The first-order valence-electron chi connectivity index (χ1n) is 5.85. The fraction of sp³-hybridized carbons (Fsp3) is 0.500. The van der Waals surface area contributed by atoms with Crippen LogP contribution in [-0.2, 0) is 9.84 Å². The van der Waals surface area contributed by atoms with Crippen molar-refractivity contribution in [2.75, 3.05) is 26.0 Å². The Morgan fingerprint density at radius 3 is 2.83 bits per heavy atom. The predicted octanol–water partition coefficient (Wildman–Crippen LogP) is 0.839. The lowest BCUT2D eigenvalue weighted by atomic mass is 10.2. The van der Waals surface area contributed by atoms with Crippen LogP contribution >= 0.6 is 0 Å². The summed E-state index contributed by atoms with van der Waals surface area (Å²) in [5, 5.41) is 3.17. The fourth-order valence-electron chi connectivity index (χ4n) is 1.73. The quantitative estimate of drug-likeness (QED) is 0.879. The fourth-order valence-corrected chi connectivity index (χ4v) is 2.37. The zero-order valence-corrected chi connectivity index (χ0v) is 11.3. The molecule has 6 heteroatoms. The molecule has 1 aliphatic rings. The molecule has 100 valence electrons. The van der Waals surface area contributed by atoms with Gasteiger partial charge < -0.3 is 14.8 Å². The van der Waals surface area contributed by atoms with Crippen LogP contribution in [0.2, 0.25) is 0 Å². The van der Waals surface area contributed by atoms with Gasteiger partial charge in [0.1, 0.15) is 12.7 Å². The number of sulfone groups is 1. The molecule has 0 bridgehead atoms. The number of ether oxygens (including phenoxy) is 2. The molecule has 18 heavy (non-hydrogen) atoms. The van der Waals surface area contributed by atoms with Crippen LogP contribution in [0.15, 0.2) is 23.1 Å². The molecule has 1 aromatic carbocycles. The van der Waals surface area contributed by atoms with Gasteiger partial charge >= 0.3 is 0 Å². The number of nitrogens with one attached hydrogen (secondary N) is 1. The lowest BCUT2D eigenvalue weighted by Crippen LogP contribution is -2.38. The van der Waals surface area contributed by atoms with Crippen LogP contribution in [0.4, 0.5) is 0 Å². The van der Waals surface area contributed by atoms with E-state index in [1.165, 1.54) is 18.4 Å². The molecule has 1 N–H and O–H groups in total. The SMILES string of the molecule is CCNCC1COc2ccc(S(C)(=O)=O)cc2O1. The van der Waals surface area contributed by atoms with Crippen LogP contribution in [0.25, 0.3) is 0 Å². The summed E-state index contributed by atoms with van der Waals surface area (Å²) in [6.45, 7) is 4.02. The van der Waals surface area contributed by atoms with E-state index >= 15 is 0 Å². The molecule has 0 aromatic heterocycles. The summed E-state index contributed by atoms with van der Waals surface area (Å²) < 4.78 is 34.2. The van der Waals surface area contributed by atoms with Crippen molar-refractivity contribution in [3.05, 3.63) is 18.2 Å². The second-order valence-electron chi connectivity index (χ2n) is 4.24. The molecule has 0 fully saturated rings. The van der Waals surface area contributed by atoms with E-state index < -0.39 is 9.84 Å². The Kier molecular flexibility index (Phi) is 3.77. The maximum absolute atomic E-state index is 11.5. The summed E-state index contributed by atoms with van der Waals surface area (Å²) in [6, 6.07) is 4.68. The predicted molar refractivity (Wildman–Crippen MR) is 68.0 cm³/mol. The molecule has 0 saturated carbocycles. The molecule has 1 atom stereocenters. The summed E-state index contributed by atoms with van der Waals surface area (Å²) in [4.78, 5) is 0.244. The van der Waals surface area contributed by atoms with Crippen molar-refractivity contribution < 1.29 is 17.9 Å². The van der Waals surface area contributed by atoms with E-state index in [0.29, 0.717) is 24.7 Å². The topological polar surface area (TPSA) is 64.6 Å². The molecule has 0 saturated heterocycles. The normalized spacial score (nSPS) is 18.7. The summed E-state index contributed by atoms with van der Waals surface area (Å²) in [5.41, 5.74) is 0. The molecule has 1 aliphatic heterocycles. The monoisotopic (exact) mass is 271 g/mol. The number of rotatable bonds is 4. The van der Waals surface area contributed by atoms with Crippen LogP contribution in [-0.4, -0.2) is 40.5 Å². The number of likely N-dealkylation sites (N-methyl/N-ethyl adjacent to an activating group) is 1. The third kappa shape index (κ3) is 2.94. The molecule has 1 unspecified atom stereocenters. The minimum atomic E-state index is -3.22. The Hall–Kier alpha value is -1.27. The standard InChI is InChI=1S/C12H17NO4S/c1-3-13-7-9-8-16-11-5-4-10(18(2,14)15)6-12(11)17-9/h4-6,9,13H,3,7-8H2,1-2H3. The summed E-state index contributed by atoms with van der Waals surface area (Å²) in [5.74, 6) is 1.09. The van der Waals surface area contributed by atoms with Gasteiger partial charge in [-0.2, -0.15) is 0 Å². The van der Waals surface area contributed by atoms with Crippen molar-refractivity contribution in [2.45, 2.75) is 17.9 Å². The summed E-state index contributed by atoms with van der Waals surface area (Å²) >= 11 is 0.